The number of rotatable bonds is 3. The molecule has 2 N–H and O–H groups in total. The van der Waals surface area contributed by atoms with Crippen molar-refractivity contribution >= 4 is 11.7 Å². The number of phenols is 1. The third-order valence-electron chi connectivity index (χ3n) is 2.75. The topological polar surface area (TPSA) is 100 Å². The average molecular weight is 272 g/mol. The normalized spacial score (nSPS) is 9.85. The molecule has 1 amide bonds. The van der Waals surface area contributed by atoms with Gasteiger partial charge in [-0.15, -0.1) is 0 Å². The number of methoxy groups -OCH3 is 1. The highest BCUT2D eigenvalue weighted by molar-refractivity contribution is 6.06. The van der Waals surface area contributed by atoms with Crippen LogP contribution in [0.25, 0.3) is 0 Å². The van der Waals surface area contributed by atoms with E-state index in [1.54, 1.807) is 13.1 Å². The van der Waals surface area contributed by atoms with Crippen molar-refractivity contribution in [2.75, 3.05) is 12.4 Å². The number of nitrogens with one attached hydrogen (secondary N) is 1. The summed E-state index contributed by atoms with van der Waals surface area (Å²) >= 11 is 0. The van der Waals surface area contributed by atoms with Crippen molar-refractivity contribution in [2.24, 2.45) is 7.05 Å². The summed E-state index contributed by atoms with van der Waals surface area (Å²) in [5.74, 6) is -0.349. The molecule has 2 rings (SSSR count). The van der Waals surface area contributed by atoms with E-state index in [1.165, 1.54) is 30.1 Å². The number of amides is 1. The SMILES string of the molecule is COc1cccc(C(=O)Nc2c(C#N)cnn2C)c1O. The van der Waals surface area contributed by atoms with Crippen LogP contribution in [0.4, 0.5) is 5.82 Å². The minimum atomic E-state index is -0.554. The van der Waals surface area contributed by atoms with Gasteiger partial charge in [0.2, 0.25) is 0 Å². The number of phenolic OH excluding ortho intramolecular Hbond substituents is 1. The summed E-state index contributed by atoms with van der Waals surface area (Å²) in [4.78, 5) is 12.1. The number of para-hydroxylation sites is 1. The summed E-state index contributed by atoms with van der Waals surface area (Å²) in [6.45, 7) is 0. The molecular weight excluding hydrogens is 260 g/mol. The third kappa shape index (κ3) is 2.27. The van der Waals surface area contributed by atoms with Gasteiger partial charge in [-0.25, -0.2) is 0 Å². The first-order valence-corrected chi connectivity index (χ1v) is 5.68. The highest BCUT2D eigenvalue weighted by atomic mass is 16.5. The van der Waals surface area contributed by atoms with E-state index in [0.29, 0.717) is 0 Å². The number of ether oxygens (including phenoxy) is 1. The van der Waals surface area contributed by atoms with Gasteiger partial charge in [-0.2, -0.15) is 10.4 Å². The van der Waals surface area contributed by atoms with E-state index in [9.17, 15) is 9.90 Å². The number of hydrogen-bond donors (Lipinski definition) is 2. The third-order valence-corrected chi connectivity index (χ3v) is 2.75. The quantitative estimate of drug-likeness (QED) is 0.876. The number of aromatic nitrogens is 2. The van der Waals surface area contributed by atoms with Crippen LogP contribution in [-0.4, -0.2) is 27.9 Å². The number of aromatic hydroxyl groups is 1. The van der Waals surface area contributed by atoms with Gasteiger partial charge >= 0.3 is 0 Å². The zero-order valence-electron chi connectivity index (χ0n) is 10.9. The van der Waals surface area contributed by atoms with E-state index < -0.39 is 5.91 Å². The number of anilines is 1. The molecule has 0 atom stereocenters. The monoisotopic (exact) mass is 272 g/mol. The van der Waals surface area contributed by atoms with Crippen molar-refractivity contribution in [3.63, 3.8) is 0 Å². The van der Waals surface area contributed by atoms with E-state index in [-0.39, 0.29) is 28.4 Å². The van der Waals surface area contributed by atoms with Crippen LogP contribution >= 0.6 is 0 Å². The molecule has 0 aliphatic heterocycles. The Morgan fingerprint density at radius 3 is 2.95 bits per heavy atom. The van der Waals surface area contributed by atoms with E-state index in [2.05, 4.69) is 10.4 Å². The zero-order chi connectivity index (χ0) is 14.7. The van der Waals surface area contributed by atoms with Crippen molar-refractivity contribution in [3.8, 4) is 17.6 Å². The van der Waals surface area contributed by atoms with Gasteiger partial charge in [-0.1, -0.05) is 6.07 Å². The minimum absolute atomic E-state index is 0.0504. The van der Waals surface area contributed by atoms with E-state index >= 15 is 0 Å². The van der Waals surface area contributed by atoms with Crippen LogP contribution in [0.1, 0.15) is 15.9 Å². The first-order chi connectivity index (χ1) is 9.58. The van der Waals surface area contributed by atoms with Crippen LogP contribution in [0, 0.1) is 11.3 Å². The molecule has 0 aliphatic rings. The van der Waals surface area contributed by atoms with Gasteiger partial charge in [0.25, 0.3) is 5.91 Å². The molecule has 0 saturated heterocycles. The Morgan fingerprint density at radius 2 is 2.30 bits per heavy atom. The lowest BCUT2D eigenvalue weighted by molar-refractivity contribution is 0.102. The summed E-state index contributed by atoms with van der Waals surface area (Å²) in [5.41, 5.74) is 0.290. The van der Waals surface area contributed by atoms with Gasteiger partial charge in [-0.3, -0.25) is 9.48 Å². The lowest BCUT2D eigenvalue weighted by Gasteiger charge is -2.09. The molecule has 0 radical (unpaired) electrons. The molecule has 1 aromatic carbocycles. The fourth-order valence-corrected chi connectivity index (χ4v) is 1.71. The number of aryl methyl sites for hydroxylation is 1. The van der Waals surface area contributed by atoms with Gasteiger partial charge in [0, 0.05) is 7.05 Å². The Labute approximate surface area is 115 Å². The van der Waals surface area contributed by atoms with Gasteiger partial charge in [-0.05, 0) is 12.1 Å². The molecule has 0 spiro atoms. The first kappa shape index (κ1) is 13.4. The molecule has 102 valence electrons. The second kappa shape index (κ2) is 5.32. The molecule has 1 heterocycles. The Balaban J connectivity index is 2.34. The summed E-state index contributed by atoms with van der Waals surface area (Å²) in [6, 6.07) is 6.50. The average Bonchev–Trinajstić information content (AvgIpc) is 2.79. The van der Waals surface area contributed by atoms with Gasteiger partial charge < -0.3 is 15.2 Å². The smallest absolute Gasteiger partial charge is 0.260 e. The maximum Gasteiger partial charge on any atom is 0.260 e. The maximum absolute atomic E-state index is 12.1. The maximum atomic E-state index is 12.1. The molecule has 0 unspecified atom stereocenters. The van der Waals surface area contributed by atoms with Crippen LogP contribution in [0.5, 0.6) is 11.5 Å². The number of carbonyl (C=O) groups is 1. The van der Waals surface area contributed by atoms with Gasteiger partial charge in [0.1, 0.15) is 17.5 Å². The van der Waals surface area contributed by atoms with Crippen LogP contribution < -0.4 is 10.1 Å². The molecule has 0 bridgehead atoms. The summed E-state index contributed by atoms with van der Waals surface area (Å²) in [5, 5.41) is 25.3. The van der Waals surface area contributed by atoms with Crippen molar-refractivity contribution in [3.05, 3.63) is 35.5 Å². The molecule has 2 aromatic rings. The number of benzene rings is 1. The zero-order valence-corrected chi connectivity index (χ0v) is 10.9. The minimum Gasteiger partial charge on any atom is -0.504 e. The highest BCUT2D eigenvalue weighted by Gasteiger charge is 2.18. The molecule has 0 fully saturated rings. The fraction of sp³-hybridized carbons (Fsp3) is 0.154. The first-order valence-electron chi connectivity index (χ1n) is 5.68. The van der Waals surface area contributed by atoms with Crippen molar-refractivity contribution in [1.82, 2.24) is 9.78 Å². The molecule has 20 heavy (non-hydrogen) atoms. The van der Waals surface area contributed by atoms with Crippen LogP contribution in [0.15, 0.2) is 24.4 Å². The molecule has 0 aliphatic carbocycles. The Bertz CT molecular complexity index is 700. The number of nitriles is 1. The van der Waals surface area contributed by atoms with Crippen LogP contribution in [0.3, 0.4) is 0 Å². The predicted octanol–water partition coefficient (Wildman–Crippen LogP) is 1.26. The van der Waals surface area contributed by atoms with Crippen molar-refractivity contribution in [1.29, 1.82) is 5.26 Å². The number of carbonyl (C=O) groups excluding carboxylic acids is 1. The molecule has 1 aromatic heterocycles. The van der Waals surface area contributed by atoms with Crippen molar-refractivity contribution < 1.29 is 14.6 Å². The molecule has 0 saturated carbocycles. The number of nitrogens with zero attached hydrogens (tertiary/aromatic N) is 3. The second-order valence-corrected chi connectivity index (χ2v) is 3.95. The lowest BCUT2D eigenvalue weighted by atomic mass is 10.1. The molecule has 7 nitrogen and oxygen atoms in total. The summed E-state index contributed by atoms with van der Waals surface area (Å²) in [6.07, 6.45) is 1.35. The lowest BCUT2D eigenvalue weighted by Crippen LogP contribution is -2.15. The van der Waals surface area contributed by atoms with E-state index in [0.717, 1.165) is 0 Å². The van der Waals surface area contributed by atoms with Crippen molar-refractivity contribution in [2.45, 2.75) is 0 Å². The summed E-state index contributed by atoms with van der Waals surface area (Å²) in [7, 11) is 2.99. The van der Waals surface area contributed by atoms with Gasteiger partial charge in [0.15, 0.2) is 11.5 Å². The number of hydrogen-bond acceptors (Lipinski definition) is 5. The standard InChI is InChI=1S/C13H12N4O3/c1-17-12(8(6-14)7-15-17)16-13(19)9-4-3-5-10(20-2)11(9)18/h3-5,7,18H,1-2H3,(H,16,19). The summed E-state index contributed by atoms with van der Waals surface area (Å²) < 4.78 is 6.31. The fourth-order valence-electron chi connectivity index (χ4n) is 1.71. The Morgan fingerprint density at radius 1 is 1.55 bits per heavy atom. The Kier molecular flexibility index (Phi) is 3.57. The van der Waals surface area contributed by atoms with Crippen LogP contribution in [0.2, 0.25) is 0 Å². The predicted molar refractivity (Wildman–Crippen MR) is 70.5 cm³/mol. The second-order valence-electron chi connectivity index (χ2n) is 3.95. The van der Waals surface area contributed by atoms with Gasteiger partial charge in [0.05, 0.1) is 18.9 Å². The van der Waals surface area contributed by atoms with E-state index in [4.69, 9.17) is 10.00 Å². The van der Waals surface area contributed by atoms with Crippen LogP contribution in [-0.2, 0) is 7.05 Å². The Hall–Kier alpha value is -3.01. The van der Waals surface area contributed by atoms with E-state index in [1.807, 2.05) is 6.07 Å². The molecular formula is C13H12N4O3. The molecule has 7 heteroatoms. The highest BCUT2D eigenvalue weighted by Crippen LogP contribution is 2.30. The largest absolute Gasteiger partial charge is 0.504 e.